The molecule has 5 aromatic rings. The molecule has 0 atom stereocenters. The van der Waals surface area contributed by atoms with Gasteiger partial charge >= 0.3 is 5.97 Å². The molecule has 5 rings (SSSR count). The third kappa shape index (κ3) is 4.81. The van der Waals surface area contributed by atoms with E-state index in [1.807, 2.05) is 38.1 Å². The van der Waals surface area contributed by atoms with Gasteiger partial charge in [0.15, 0.2) is 5.69 Å². The van der Waals surface area contributed by atoms with Crippen LogP contribution in [0.1, 0.15) is 33.0 Å². The fourth-order valence-electron chi connectivity index (χ4n) is 4.38. The van der Waals surface area contributed by atoms with E-state index in [0.717, 1.165) is 49.7 Å². The third-order valence-corrected chi connectivity index (χ3v) is 6.58. The molecule has 7 heteroatoms. The fraction of sp³-hybridized carbons (Fsp3) is 0.138. The Morgan fingerprint density at radius 1 is 0.944 bits per heavy atom. The van der Waals surface area contributed by atoms with Crippen LogP contribution in [0, 0.1) is 13.8 Å². The largest absolute Gasteiger partial charge is 0.477 e. The summed E-state index contributed by atoms with van der Waals surface area (Å²) in [6.07, 6.45) is 0. The molecule has 0 unspecified atom stereocenters. The second kappa shape index (κ2) is 9.84. The Bertz CT molecular complexity index is 1580. The van der Waals surface area contributed by atoms with Crippen LogP contribution in [0.4, 0.5) is 5.82 Å². The standard InChI is InChI=1S/C29H25ClN4O2/c1-18-13-20(16-31-27-10-6-9-25(33-27)29(35)36)14-26-28(18)32-19(2)34(26)17-23-12-11-22(15-24(23)30)21-7-4-3-5-8-21/h3-15H,16-17H2,1-2H3,(H,31,33)(H,35,36). The van der Waals surface area contributed by atoms with Gasteiger partial charge in [0.2, 0.25) is 0 Å². The number of aryl methyl sites for hydroxylation is 2. The van der Waals surface area contributed by atoms with Gasteiger partial charge in [0, 0.05) is 11.6 Å². The number of carbonyl (C=O) groups is 1. The first-order valence-electron chi connectivity index (χ1n) is 11.6. The molecule has 0 fully saturated rings. The maximum absolute atomic E-state index is 11.2. The monoisotopic (exact) mass is 496 g/mol. The quantitative estimate of drug-likeness (QED) is 0.261. The highest BCUT2D eigenvalue weighted by Gasteiger charge is 2.14. The lowest BCUT2D eigenvalue weighted by atomic mass is 10.0. The minimum absolute atomic E-state index is 0.00972. The molecular weight excluding hydrogens is 472 g/mol. The van der Waals surface area contributed by atoms with Crippen molar-refractivity contribution < 1.29 is 9.90 Å². The number of nitrogens with zero attached hydrogens (tertiary/aromatic N) is 3. The van der Waals surface area contributed by atoms with Crippen molar-refractivity contribution in [3.05, 3.63) is 112 Å². The van der Waals surface area contributed by atoms with Crippen LogP contribution >= 0.6 is 11.6 Å². The van der Waals surface area contributed by atoms with Crippen molar-refractivity contribution in [3.63, 3.8) is 0 Å². The SMILES string of the molecule is Cc1cc(CNc2cccc(C(=O)O)n2)cc2c1nc(C)n2Cc1ccc(-c2ccccc2)cc1Cl. The fourth-order valence-corrected chi connectivity index (χ4v) is 4.62. The van der Waals surface area contributed by atoms with Gasteiger partial charge in [0.25, 0.3) is 0 Å². The molecule has 3 aromatic carbocycles. The molecule has 180 valence electrons. The molecule has 2 heterocycles. The minimum Gasteiger partial charge on any atom is -0.477 e. The Kier molecular flexibility index (Phi) is 6.44. The highest BCUT2D eigenvalue weighted by molar-refractivity contribution is 6.31. The predicted molar refractivity (Wildman–Crippen MR) is 144 cm³/mol. The topological polar surface area (TPSA) is 80.0 Å². The average Bonchev–Trinajstić information content (AvgIpc) is 3.20. The lowest BCUT2D eigenvalue weighted by molar-refractivity contribution is 0.0690. The van der Waals surface area contributed by atoms with Gasteiger partial charge < -0.3 is 15.0 Å². The van der Waals surface area contributed by atoms with Crippen molar-refractivity contribution in [3.8, 4) is 11.1 Å². The number of pyridine rings is 1. The number of aromatic carboxylic acids is 1. The molecule has 2 N–H and O–H groups in total. The summed E-state index contributed by atoms with van der Waals surface area (Å²) in [7, 11) is 0. The third-order valence-electron chi connectivity index (χ3n) is 6.23. The number of anilines is 1. The van der Waals surface area contributed by atoms with Gasteiger partial charge in [-0.15, -0.1) is 0 Å². The number of hydrogen-bond acceptors (Lipinski definition) is 4. The van der Waals surface area contributed by atoms with Gasteiger partial charge in [0.05, 0.1) is 17.6 Å². The van der Waals surface area contributed by atoms with Crippen LogP contribution in [0.25, 0.3) is 22.2 Å². The number of carboxylic acids is 1. The van der Waals surface area contributed by atoms with E-state index in [1.54, 1.807) is 12.1 Å². The first kappa shape index (κ1) is 23.6. The van der Waals surface area contributed by atoms with Crippen LogP contribution < -0.4 is 5.32 Å². The summed E-state index contributed by atoms with van der Waals surface area (Å²) in [5.74, 6) is 0.380. The molecule has 0 aliphatic carbocycles. The summed E-state index contributed by atoms with van der Waals surface area (Å²) in [6.45, 7) is 5.16. The van der Waals surface area contributed by atoms with Crippen molar-refractivity contribution in [1.29, 1.82) is 0 Å². The maximum Gasteiger partial charge on any atom is 0.354 e. The Labute approximate surface area is 214 Å². The summed E-state index contributed by atoms with van der Waals surface area (Å²) in [5.41, 5.74) is 7.36. The maximum atomic E-state index is 11.2. The van der Waals surface area contributed by atoms with Gasteiger partial charge in [-0.05, 0) is 65.9 Å². The molecule has 36 heavy (non-hydrogen) atoms. The number of fused-ring (bicyclic) bond motifs is 1. The van der Waals surface area contributed by atoms with Crippen LogP contribution in [0.5, 0.6) is 0 Å². The van der Waals surface area contributed by atoms with Crippen LogP contribution in [0.2, 0.25) is 5.02 Å². The van der Waals surface area contributed by atoms with Crippen molar-refractivity contribution in [1.82, 2.24) is 14.5 Å². The molecular formula is C29H25ClN4O2. The van der Waals surface area contributed by atoms with E-state index in [-0.39, 0.29) is 5.69 Å². The molecule has 0 saturated carbocycles. The second-order valence-electron chi connectivity index (χ2n) is 8.76. The predicted octanol–water partition coefficient (Wildman–Crippen LogP) is 6.73. The second-order valence-corrected chi connectivity index (χ2v) is 9.17. The highest BCUT2D eigenvalue weighted by Crippen LogP contribution is 2.29. The normalized spacial score (nSPS) is 11.1. The summed E-state index contributed by atoms with van der Waals surface area (Å²) in [4.78, 5) is 20.2. The molecule has 6 nitrogen and oxygen atoms in total. The molecule has 0 amide bonds. The van der Waals surface area contributed by atoms with Crippen molar-refractivity contribution >= 4 is 34.4 Å². The van der Waals surface area contributed by atoms with Crippen molar-refractivity contribution in [2.75, 3.05) is 5.32 Å². The van der Waals surface area contributed by atoms with Crippen LogP contribution in [0.3, 0.4) is 0 Å². The highest BCUT2D eigenvalue weighted by atomic mass is 35.5. The minimum atomic E-state index is -1.05. The summed E-state index contributed by atoms with van der Waals surface area (Å²) in [5, 5.41) is 13.1. The average molecular weight is 497 g/mol. The van der Waals surface area contributed by atoms with Gasteiger partial charge in [-0.2, -0.15) is 0 Å². The smallest absolute Gasteiger partial charge is 0.354 e. The van der Waals surface area contributed by atoms with E-state index in [1.165, 1.54) is 6.07 Å². The first-order chi connectivity index (χ1) is 17.4. The summed E-state index contributed by atoms with van der Waals surface area (Å²) in [6, 6.07) is 25.5. The van der Waals surface area contributed by atoms with Crippen molar-refractivity contribution in [2.24, 2.45) is 0 Å². The number of rotatable bonds is 7. The Morgan fingerprint density at radius 3 is 2.50 bits per heavy atom. The lowest BCUT2D eigenvalue weighted by Crippen LogP contribution is -2.06. The van der Waals surface area contributed by atoms with E-state index >= 15 is 0 Å². The summed E-state index contributed by atoms with van der Waals surface area (Å²) < 4.78 is 2.18. The number of carboxylic acid groups (broad SMARTS) is 1. The van der Waals surface area contributed by atoms with Gasteiger partial charge in [-0.3, -0.25) is 0 Å². The molecule has 2 aromatic heterocycles. The number of nitrogens with one attached hydrogen (secondary N) is 1. The molecule has 0 aliphatic heterocycles. The number of hydrogen-bond donors (Lipinski definition) is 2. The number of halogens is 1. The Morgan fingerprint density at radius 2 is 1.75 bits per heavy atom. The number of benzene rings is 3. The van der Waals surface area contributed by atoms with Gasteiger partial charge in [0.1, 0.15) is 11.6 Å². The Balaban J connectivity index is 1.43. The van der Waals surface area contributed by atoms with Crippen LogP contribution in [-0.4, -0.2) is 25.6 Å². The zero-order valence-corrected chi connectivity index (χ0v) is 20.8. The zero-order valence-electron chi connectivity index (χ0n) is 20.0. The number of imidazole rings is 1. The van der Waals surface area contributed by atoms with E-state index in [4.69, 9.17) is 16.6 Å². The first-order valence-corrected chi connectivity index (χ1v) is 12.0. The Hall–Kier alpha value is -4.16. The molecule has 0 aliphatic rings. The van der Waals surface area contributed by atoms with E-state index in [9.17, 15) is 9.90 Å². The van der Waals surface area contributed by atoms with Crippen molar-refractivity contribution in [2.45, 2.75) is 26.9 Å². The van der Waals surface area contributed by atoms with E-state index in [0.29, 0.717) is 18.9 Å². The van der Waals surface area contributed by atoms with Crippen LogP contribution in [-0.2, 0) is 13.1 Å². The molecule has 0 bridgehead atoms. The lowest BCUT2D eigenvalue weighted by Gasteiger charge is -2.12. The zero-order chi connectivity index (χ0) is 25.2. The van der Waals surface area contributed by atoms with Gasteiger partial charge in [-0.25, -0.2) is 14.8 Å². The molecule has 0 radical (unpaired) electrons. The molecule has 0 saturated heterocycles. The number of aromatic nitrogens is 3. The summed E-state index contributed by atoms with van der Waals surface area (Å²) >= 11 is 6.72. The van der Waals surface area contributed by atoms with E-state index < -0.39 is 5.97 Å². The van der Waals surface area contributed by atoms with Gasteiger partial charge in [-0.1, -0.05) is 66.2 Å². The van der Waals surface area contributed by atoms with E-state index in [2.05, 4.69) is 51.3 Å². The molecule has 0 spiro atoms. The van der Waals surface area contributed by atoms with Crippen LogP contribution in [0.15, 0.2) is 78.9 Å².